The zero-order valence-electron chi connectivity index (χ0n) is 16.2. The highest BCUT2D eigenvalue weighted by molar-refractivity contribution is 7.89. The monoisotopic (exact) mass is 394 g/mol. The van der Waals surface area contributed by atoms with Crippen molar-refractivity contribution in [2.45, 2.75) is 57.0 Å². The molecule has 1 saturated carbocycles. The van der Waals surface area contributed by atoms with Crippen molar-refractivity contribution in [1.29, 1.82) is 0 Å². The van der Waals surface area contributed by atoms with E-state index in [2.05, 4.69) is 4.72 Å². The molecule has 1 aromatic carbocycles. The summed E-state index contributed by atoms with van der Waals surface area (Å²) in [5.74, 6) is 0.418. The second-order valence-electron chi connectivity index (χ2n) is 7.54. The van der Waals surface area contributed by atoms with Gasteiger partial charge in [-0.2, -0.15) is 0 Å². The molecule has 2 aliphatic rings. The summed E-state index contributed by atoms with van der Waals surface area (Å²) in [6.07, 6.45) is 6.20. The van der Waals surface area contributed by atoms with Crippen LogP contribution in [0, 0.1) is 12.8 Å². The summed E-state index contributed by atoms with van der Waals surface area (Å²) in [5, 5.41) is 0. The fraction of sp³-hybridized carbons (Fsp3) is 0.650. The number of rotatable bonds is 5. The van der Waals surface area contributed by atoms with Crippen LogP contribution < -0.4 is 4.72 Å². The number of hydrogen-bond acceptors (Lipinski definition) is 4. The Kier molecular flexibility index (Phi) is 6.55. The van der Waals surface area contributed by atoms with Gasteiger partial charge in [0.05, 0.1) is 17.6 Å². The molecule has 1 saturated heterocycles. The van der Waals surface area contributed by atoms with E-state index in [9.17, 15) is 13.2 Å². The lowest BCUT2D eigenvalue weighted by Crippen LogP contribution is -2.48. The first-order chi connectivity index (χ1) is 12.9. The zero-order valence-corrected chi connectivity index (χ0v) is 17.1. The van der Waals surface area contributed by atoms with Crippen molar-refractivity contribution < 1.29 is 17.9 Å². The molecule has 150 valence electrons. The van der Waals surface area contributed by atoms with Gasteiger partial charge in [0.1, 0.15) is 0 Å². The van der Waals surface area contributed by atoms with Crippen LogP contribution in [0.2, 0.25) is 0 Å². The van der Waals surface area contributed by atoms with Crippen molar-refractivity contribution in [3.8, 4) is 0 Å². The fourth-order valence-electron chi connectivity index (χ4n) is 4.09. The predicted molar refractivity (Wildman–Crippen MR) is 104 cm³/mol. The zero-order chi connectivity index (χ0) is 19.4. The minimum Gasteiger partial charge on any atom is -0.374 e. The normalized spacial score (nSPS) is 22.0. The number of hydrogen-bond donors (Lipinski definition) is 1. The average Bonchev–Trinajstić information content (AvgIpc) is 2.68. The Labute approximate surface area is 162 Å². The molecule has 0 aromatic heterocycles. The van der Waals surface area contributed by atoms with E-state index in [0.29, 0.717) is 37.7 Å². The van der Waals surface area contributed by atoms with Gasteiger partial charge in [0.2, 0.25) is 10.0 Å². The quantitative estimate of drug-likeness (QED) is 0.833. The number of aryl methyl sites for hydroxylation is 1. The fourth-order valence-corrected chi connectivity index (χ4v) is 5.16. The van der Waals surface area contributed by atoms with Crippen molar-refractivity contribution in [1.82, 2.24) is 9.62 Å². The molecule has 1 aliphatic heterocycles. The van der Waals surface area contributed by atoms with Crippen LogP contribution in [0.1, 0.15) is 54.9 Å². The molecule has 0 radical (unpaired) electrons. The lowest BCUT2D eigenvalue weighted by atomic mass is 9.84. The van der Waals surface area contributed by atoms with Crippen LogP contribution >= 0.6 is 0 Å². The number of nitrogens with one attached hydrogen (secondary N) is 1. The smallest absolute Gasteiger partial charge is 0.254 e. The molecule has 1 amide bonds. The number of carbonyl (C=O) groups is 1. The Balaban J connectivity index is 1.78. The summed E-state index contributed by atoms with van der Waals surface area (Å²) in [7, 11) is -3.59. The Hall–Kier alpha value is -1.44. The molecular formula is C20H30N2O4S. The van der Waals surface area contributed by atoms with E-state index in [0.717, 1.165) is 5.56 Å². The number of nitrogens with zero attached hydrogens (tertiary/aromatic N) is 1. The van der Waals surface area contributed by atoms with Crippen molar-refractivity contribution in [2.24, 2.45) is 5.92 Å². The van der Waals surface area contributed by atoms with Crippen molar-refractivity contribution in [3.05, 3.63) is 29.3 Å². The number of amides is 1. The molecule has 6 nitrogen and oxygen atoms in total. The average molecular weight is 395 g/mol. The third-order valence-electron chi connectivity index (χ3n) is 5.64. The van der Waals surface area contributed by atoms with Gasteiger partial charge in [-0.25, -0.2) is 13.1 Å². The molecule has 3 rings (SSSR count). The summed E-state index contributed by atoms with van der Waals surface area (Å²) < 4.78 is 33.0. The Morgan fingerprint density at radius 1 is 1.26 bits per heavy atom. The van der Waals surface area contributed by atoms with Crippen molar-refractivity contribution in [2.75, 3.05) is 26.2 Å². The first-order valence-corrected chi connectivity index (χ1v) is 11.4. The van der Waals surface area contributed by atoms with Gasteiger partial charge in [-0.05, 0) is 43.4 Å². The van der Waals surface area contributed by atoms with E-state index < -0.39 is 10.0 Å². The van der Waals surface area contributed by atoms with Crippen molar-refractivity contribution in [3.63, 3.8) is 0 Å². The first kappa shape index (κ1) is 20.3. The number of morpholine rings is 1. The lowest BCUT2D eigenvalue weighted by Gasteiger charge is -2.38. The van der Waals surface area contributed by atoms with Crippen LogP contribution in [0.5, 0.6) is 0 Å². The highest BCUT2D eigenvalue weighted by atomic mass is 32.2. The molecule has 0 bridgehead atoms. The van der Waals surface area contributed by atoms with Crippen LogP contribution in [0.3, 0.4) is 0 Å². The van der Waals surface area contributed by atoms with E-state index in [1.165, 1.54) is 38.2 Å². The minimum absolute atomic E-state index is 0.0944. The molecule has 1 N–H and O–H groups in total. The molecule has 0 spiro atoms. The van der Waals surface area contributed by atoms with Crippen LogP contribution in [-0.4, -0.2) is 51.6 Å². The first-order valence-electron chi connectivity index (χ1n) is 9.93. The summed E-state index contributed by atoms with van der Waals surface area (Å²) in [6, 6.07) is 4.76. The Morgan fingerprint density at radius 3 is 2.70 bits per heavy atom. The molecule has 1 heterocycles. The van der Waals surface area contributed by atoms with E-state index in [1.54, 1.807) is 19.1 Å². The van der Waals surface area contributed by atoms with E-state index in [-0.39, 0.29) is 16.9 Å². The number of ether oxygens (including phenoxy) is 1. The SMILES string of the molecule is CCNS(=O)(=O)c1ccc(C)c(C(=O)N2CCO[C@@H](C3CCCCC3)C2)c1. The van der Waals surface area contributed by atoms with Crippen LogP contribution in [0.25, 0.3) is 0 Å². The van der Waals surface area contributed by atoms with Crippen LogP contribution in [-0.2, 0) is 14.8 Å². The molecule has 1 atom stereocenters. The third-order valence-corrected chi connectivity index (χ3v) is 7.18. The topological polar surface area (TPSA) is 75.7 Å². The van der Waals surface area contributed by atoms with Gasteiger partial charge in [-0.15, -0.1) is 0 Å². The minimum atomic E-state index is -3.59. The largest absolute Gasteiger partial charge is 0.374 e. The van der Waals surface area contributed by atoms with Gasteiger partial charge in [0.25, 0.3) is 5.91 Å². The predicted octanol–water partition coefficient (Wildman–Crippen LogP) is 2.71. The van der Waals surface area contributed by atoms with Crippen LogP contribution in [0.4, 0.5) is 0 Å². The number of benzene rings is 1. The Bertz CT molecular complexity index is 772. The highest BCUT2D eigenvalue weighted by Gasteiger charge is 2.32. The second kappa shape index (κ2) is 8.71. The summed E-state index contributed by atoms with van der Waals surface area (Å²) in [5.41, 5.74) is 1.24. The molecule has 0 unspecified atom stereocenters. The maximum atomic E-state index is 13.1. The van der Waals surface area contributed by atoms with Gasteiger partial charge < -0.3 is 9.64 Å². The van der Waals surface area contributed by atoms with Crippen molar-refractivity contribution >= 4 is 15.9 Å². The summed E-state index contributed by atoms with van der Waals surface area (Å²) in [4.78, 5) is 15.1. The van der Waals surface area contributed by atoms with E-state index in [1.807, 2.05) is 11.8 Å². The van der Waals surface area contributed by atoms with Crippen LogP contribution in [0.15, 0.2) is 23.1 Å². The number of carbonyl (C=O) groups excluding carboxylic acids is 1. The molecule has 1 aliphatic carbocycles. The third kappa shape index (κ3) is 4.70. The standard InChI is InChI=1S/C20H30N2O4S/c1-3-21-27(24,25)17-10-9-15(2)18(13-17)20(23)22-11-12-26-19(14-22)16-7-5-4-6-8-16/h9-10,13,16,19,21H,3-8,11-12,14H2,1-2H3/t19-/m1/s1. The Morgan fingerprint density at radius 2 is 2.00 bits per heavy atom. The van der Waals surface area contributed by atoms with E-state index in [4.69, 9.17) is 4.74 Å². The molecular weight excluding hydrogens is 364 g/mol. The lowest BCUT2D eigenvalue weighted by molar-refractivity contribution is -0.0562. The van der Waals surface area contributed by atoms with Gasteiger partial charge in [0, 0.05) is 25.2 Å². The highest BCUT2D eigenvalue weighted by Crippen LogP contribution is 2.30. The van der Waals surface area contributed by atoms with Gasteiger partial charge in [0.15, 0.2) is 0 Å². The summed E-state index contributed by atoms with van der Waals surface area (Å²) in [6.45, 7) is 5.57. The molecule has 1 aromatic rings. The summed E-state index contributed by atoms with van der Waals surface area (Å²) >= 11 is 0. The maximum Gasteiger partial charge on any atom is 0.254 e. The molecule has 27 heavy (non-hydrogen) atoms. The molecule has 7 heteroatoms. The second-order valence-corrected chi connectivity index (χ2v) is 9.30. The van der Waals surface area contributed by atoms with E-state index >= 15 is 0 Å². The number of sulfonamides is 1. The van der Waals surface area contributed by atoms with Gasteiger partial charge >= 0.3 is 0 Å². The van der Waals surface area contributed by atoms with Gasteiger partial charge in [-0.1, -0.05) is 32.3 Å². The maximum absolute atomic E-state index is 13.1. The molecule has 2 fully saturated rings. The van der Waals surface area contributed by atoms with Gasteiger partial charge in [-0.3, -0.25) is 4.79 Å².